The molecular weight excluding hydrogens is 360 g/mol. The molecule has 130 valence electrons. The van der Waals surface area contributed by atoms with Crippen molar-refractivity contribution in [2.24, 2.45) is 0 Å². The maximum Gasteiger partial charge on any atom is 0.220 e. The van der Waals surface area contributed by atoms with E-state index in [1.165, 1.54) is 23.5 Å². The van der Waals surface area contributed by atoms with Gasteiger partial charge in [-0.05, 0) is 23.3 Å². The Labute approximate surface area is 162 Å². The van der Waals surface area contributed by atoms with Gasteiger partial charge in [-0.25, -0.2) is 0 Å². The minimum atomic E-state index is -0.0712. The molecule has 0 aliphatic rings. The Balaban J connectivity index is 1.66. The van der Waals surface area contributed by atoms with Crippen LogP contribution in [-0.2, 0) is 11.5 Å². The number of carbonyl (C=O) groups is 2. The van der Waals surface area contributed by atoms with Crippen LogP contribution >= 0.6 is 23.5 Å². The highest BCUT2D eigenvalue weighted by Gasteiger charge is 2.17. The van der Waals surface area contributed by atoms with Gasteiger partial charge in [0.1, 0.15) is 0 Å². The first kappa shape index (κ1) is 18.5. The topological polar surface area (TPSA) is 34.1 Å². The van der Waals surface area contributed by atoms with Crippen molar-refractivity contribution in [3.8, 4) is 0 Å². The van der Waals surface area contributed by atoms with Crippen molar-refractivity contribution in [1.82, 2.24) is 0 Å². The maximum absolute atomic E-state index is 12.6. The zero-order valence-corrected chi connectivity index (χ0v) is 15.8. The van der Waals surface area contributed by atoms with Gasteiger partial charge in [0.05, 0.1) is 0 Å². The summed E-state index contributed by atoms with van der Waals surface area (Å²) in [4.78, 5) is 25.2. The standard InChI is InChI=1S/C22H18O2S2/c23-21(25-15-17-9-3-1-4-10-17)19-13-7-8-14-20(19)22(24)26-16-18-11-5-2-6-12-18/h1-14H,15-16H2. The normalized spacial score (nSPS) is 10.5. The molecule has 0 saturated heterocycles. The molecule has 4 heteroatoms. The fraction of sp³-hybridized carbons (Fsp3) is 0.0909. The molecule has 0 unspecified atom stereocenters. The monoisotopic (exact) mass is 378 g/mol. The summed E-state index contributed by atoms with van der Waals surface area (Å²) >= 11 is 2.46. The third-order valence-corrected chi connectivity index (χ3v) is 5.71. The highest BCUT2D eigenvalue weighted by atomic mass is 32.2. The second-order valence-corrected chi connectivity index (χ2v) is 7.57. The Bertz CT molecular complexity index is 802. The van der Waals surface area contributed by atoms with Crippen molar-refractivity contribution in [3.05, 3.63) is 107 Å². The van der Waals surface area contributed by atoms with Crippen molar-refractivity contribution >= 4 is 33.8 Å². The molecule has 0 heterocycles. The van der Waals surface area contributed by atoms with Gasteiger partial charge < -0.3 is 0 Å². The molecule has 0 atom stereocenters. The Hall–Kier alpha value is -2.30. The maximum atomic E-state index is 12.6. The minimum Gasteiger partial charge on any atom is -0.282 e. The van der Waals surface area contributed by atoms with Crippen LogP contribution in [0.4, 0.5) is 0 Å². The Morgan fingerprint density at radius 1 is 0.538 bits per heavy atom. The first-order valence-corrected chi connectivity index (χ1v) is 10.2. The lowest BCUT2D eigenvalue weighted by atomic mass is 10.1. The molecule has 26 heavy (non-hydrogen) atoms. The lowest BCUT2D eigenvalue weighted by Crippen LogP contribution is -2.05. The van der Waals surface area contributed by atoms with E-state index in [2.05, 4.69) is 0 Å². The molecule has 0 radical (unpaired) electrons. The summed E-state index contributed by atoms with van der Waals surface area (Å²) in [6, 6.07) is 26.8. The second kappa shape index (κ2) is 9.41. The lowest BCUT2D eigenvalue weighted by Gasteiger charge is -2.08. The van der Waals surface area contributed by atoms with Crippen LogP contribution in [0, 0.1) is 0 Å². The van der Waals surface area contributed by atoms with E-state index in [-0.39, 0.29) is 10.2 Å². The van der Waals surface area contributed by atoms with E-state index in [4.69, 9.17) is 0 Å². The molecule has 3 aromatic carbocycles. The van der Waals surface area contributed by atoms with Crippen LogP contribution in [0.5, 0.6) is 0 Å². The molecule has 3 aromatic rings. The lowest BCUT2D eigenvalue weighted by molar-refractivity contribution is 0.105. The highest BCUT2D eigenvalue weighted by Crippen LogP contribution is 2.25. The first-order chi connectivity index (χ1) is 12.7. The number of thioether (sulfide) groups is 2. The van der Waals surface area contributed by atoms with Crippen LogP contribution in [0.1, 0.15) is 31.8 Å². The minimum absolute atomic E-state index is 0.0712. The summed E-state index contributed by atoms with van der Waals surface area (Å²) in [5, 5.41) is -0.142. The van der Waals surface area contributed by atoms with Crippen LogP contribution in [0.2, 0.25) is 0 Å². The van der Waals surface area contributed by atoms with E-state index < -0.39 is 0 Å². The van der Waals surface area contributed by atoms with Crippen LogP contribution in [-0.4, -0.2) is 10.2 Å². The molecule has 3 rings (SSSR count). The fourth-order valence-corrected chi connectivity index (χ4v) is 4.09. The largest absolute Gasteiger partial charge is 0.282 e. The average molecular weight is 379 g/mol. The zero-order chi connectivity index (χ0) is 18.2. The van der Waals surface area contributed by atoms with E-state index in [0.717, 1.165) is 11.1 Å². The Morgan fingerprint density at radius 3 is 1.27 bits per heavy atom. The smallest absolute Gasteiger partial charge is 0.220 e. The van der Waals surface area contributed by atoms with Gasteiger partial charge in [-0.3, -0.25) is 9.59 Å². The Morgan fingerprint density at radius 2 is 0.885 bits per heavy atom. The van der Waals surface area contributed by atoms with E-state index in [1.54, 1.807) is 24.3 Å². The summed E-state index contributed by atoms with van der Waals surface area (Å²) in [6.45, 7) is 0. The molecule has 0 amide bonds. The van der Waals surface area contributed by atoms with Gasteiger partial charge >= 0.3 is 0 Å². The predicted molar refractivity (Wildman–Crippen MR) is 111 cm³/mol. The number of benzene rings is 3. The molecular formula is C22H18O2S2. The van der Waals surface area contributed by atoms with Gasteiger partial charge in [0.25, 0.3) is 0 Å². The molecule has 0 bridgehead atoms. The summed E-state index contributed by atoms with van der Waals surface area (Å²) in [5.41, 5.74) is 3.15. The van der Waals surface area contributed by atoms with E-state index >= 15 is 0 Å². The molecule has 2 nitrogen and oxygen atoms in total. The predicted octanol–water partition coefficient (Wildman–Crippen LogP) is 5.83. The third kappa shape index (κ3) is 5.10. The number of rotatable bonds is 6. The van der Waals surface area contributed by atoms with Crippen LogP contribution < -0.4 is 0 Å². The van der Waals surface area contributed by atoms with Gasteiger partial charge in [-0.2, -0.15) is 0 Å². The first-order valence-electron chi connectivity index (χ1n) is 8.25. The third-order valence-electron chi connectivity index (χ3n) is 3.79. The summed E-state index contributed by atoms with van der Waals surface area (Å²) in [6.07, 6.45) is 0. The molecule has 0 aliphatic heterocycles. The van der Waals surface area contributed by atoms with Crippen molar-refractivity contribution in [2.45, 2.75) is 11.5 Å². The van der Waals surface area contributed by atoms with E-state index in [1.807, 2.05) is 60.7 Å². The van der Waals surface area contributed by atoms with E-state index in [9.17, 15) is 9.59 Å². The summed E-state index contributed by atoms with van der Waals surface area (Å²) in [7, 11) is 0. The zero-order valence-electron chi connectivity index (χ0n) is 14.1. The number of hydrogen-bond donors (Lipinski definition) is 0. The molecule has 0 saturated carbocycles. The van der Waals surface area contributed by atoms with Gasteiger partial charge in [0.15, 0.2) is 0 Å². The molecule has 0 fully saturated rings. The van der Waals surface area contributed by atoms with Gasteiger partial charge in [-0.15, -0.1) is 0 Å². The van der Waals surface area contributed by atoms with Gasteiger partial charge in [-0.1, -0.05) is 96.3 Å². The SMILES string of the molecule is O=C(SCc1ccccc1)c1ccccc1C(=O)SCc1ccccc1. The van der Waals surface area contributed by atoms with Gasteiger partial charge in [0.2, 0.25) is 10.2 Å². The van der Waals surface area contributed by atoms with Crippen LogP contribution in [0.15, 0.2) is 84.9 Å². The van der Waals surface area contributed by atoms with E-state index in [0.29, 0.717) is 22.6 Å². The van der Waals surface area contributed by atoms with Crippen LogP contribution in [0.3, 0.4) is 0 Å². The molecule has 0 aliphatic carbocycles. The summed E-state index contributed by atoms with van der Waals surface area (Å²) < 4.78 is 0. The number of carbonyl (C=O) groups excluding carboxylic acids is 2. The van der Waals surface area contributed by atoms with Gasteiger partial charge in [0, 0.05) is 22.6 Å². The second-order valence-electron chi connectivity index (χ2n) is 5.67. The Kier molecular flexibility index (Phi) is 6.69. The molecule has 0 spiro atoms. The van der Waals surface area contributed by atoms with Crippen molar-refractivity contribution in [3.63, 3.8) is 0 Å². The quantitative estimate of drug-likeness (QED) is 0.540. The van der Waals surface area contributed by atoms with Crippen LogP contribution in [0.25, 0.3) is 0 Å². The fourth-order valence-electron chi connectivity index (χ4n) is 2.44. The van der Waals surface area contributed by atoms with Crippen molar-refractivity contribution in [2.75, 3.05) is 0 Å². The van der Waals surface area contributed by atoms with Crippen molar-refractivity contribution in [1.29, 1.82) is 0 Å². The van der Waals surface area contributed by atoms with Crippen molar-refractivity contribution < 1.29 is 9.59 Å². The number of hydrogen-bond acceptors (Lipinski definition) is 4. The highest BCUT2D eigenvalue weighted by molar-refractivity contribution is 8.14. The summed E-state index contributed by atoms with van der Waals surface area (Å²) in [5.74, 6) is 1.19. The molecule has 0 aromatic heterocycles. The average Bonchev–Trinajstić information content (AvgIpc) is 2.72. The molecule has 0 N–H and O–H groups in total.